The highest BCUT2D eigenvalue weighted by molar-refractivity contribution is 7.11. The molecule has 1 aliphatic rings. The summed E-state index contributed by atoms with van der Waals surface area (Å²) >= 11 is 1.74. The Labute approximate surface area is 185 Å². The normalized spacial score (nSPS) is 15.4. The molecule has 0 aliphatic carbocycles. The molecule has 164 valence electrons. The van der Waals surface area contributed by atoms with Gasteiger partial charge in [0.1, 0.15) is 0 Å². The molecular formula is C23H36N6S. The largest absolute Gasteiger partial charge is 0.369 e. The zero-order valence-corrected chi connectivity index (χ0v) is 19.5. The lowest BCUT2D eigenvalue weighted by Crippen LogP contribution is -2.46. The molecule has 30 heavy (non-hydrogen) atoms. The molecule has 1 fully saturated rings. The zero-order chi connectivity index (χ0) is 21.2. The van der Waals surface area contributed by atoms with E-state index in [9.17, 15) is 0 Å². The number of aliphatic imine (C=N–C) groups is 1. The summed E-state index contributed by atoms with van der Waals surface area (Å²) in [4.78, 5) is 15.5. The average Bonchev–Trinajstić information content (AvgIpc) is 3.09. The number of aromatic nitrogens is 1. The van der Waals surface area contributed by atoms with Gasteiger partial charge < -0.3 is 15.5 Å². The van der Waals surface area contributed by atoms with E-state index in [-0.39, 0.29) is 0 Å². The Morgan fingerprint density at radius 3 is 2.50 bits per heavy atom. The Morgan fingerprint density at radius 1 is 1.07 bits per heavy atom. The number of unbranched alkanes of at least 4 members (excludes halogenated alkanes) is 1. The highest BCUT2D eigenvalue weighted by Crippen LogP contribution is 2.18. The summed E-state index contributed by atoms with van der Waals surface area (Å²) in [5.74, 6) is 0.902. The molecule has 0 bridgehead atoms. The topological polar surface area (TPSA) is 55.8 Å². The highest BCUT2D eigenvalue weighted by atomic mass is 32.1. The Bertz CT molecular complexity index is 780. The fourth-order valence-corrected chi connectivity index (χ4v) is 4.61. The SMILES string of the molecule is CCNC(=NCc1sc(C)nc1C)NCCCCN1CCN(c2ccccc2)CC1. The van der Waals surface area contributed by atoms with Crippen LogP contribution in [0, 0.1) is 13.8 Å². The smallest absolute Gasteiger partial charge is 0.191 e. The van der Waals surface area contributed by atoms with Gasteiger partial charge in [-0.15, -0.1) is 11.3 Å². The van der Waals surface area contributed by atoms with Gasteiger partial charge in [0.05, 0.1) is 17.2 Å². The number of rotatable bonds is 9. The molecule has 0 saturated carbocycles. The van der Waals surface area contributed by atoms with Crippen molar-refractivity contribution in [2.24, 2.45) is 4.99 Å². The van der Waals surface area contributed by atoms with Crippen LogP contribution >= 0.6 is 11.3 Å². The average molecular weight is 429 g/mol. The fraction of sp³-hybridized carbons (Fsp3) is 0.565. The van der Waals surface area contributed by atoms with Crippen molar-refractivity contribution < 1.29 is 0 Å². The number of benzene rings is 1. The second-order valence-corrected chi connectivity index (χ2v) is 9.02. The quantitative estimate of drug-likeness (QED) is 0.364. The van der Waals surface area contributed by atoms with Crippen molar-refractivity contribution in [3.05, 3.63) is 45.9 Å². The van der Waals surface area contributed by atoms with Crippen molar-refractivity contribution in [1.82, 2.24) is 20.5 Å². The van der Waals surface area contributed by atoms with Crippen LogP contribution in [0.4, 0.5) is 5.69 Å². The number of para-hydroxylation sites is 1. The molecule has 2 aromatic rings. The highest BCUT2D eigenvalue weighted by Gasteiger charge is 2.16. The lowest BCUT2D eigenvalue weighted by atomic mass is 10.2. The first kappa shape index (κ1) is 22.6. The van der Waals surface area contributed by atoms with Crippen LogP contribution in [0.15, 0.2) is 35.3 Å². The van der Waals surface area contributed by atoms with Crippen LogP contribution in [0.25, 0.3) is 0 Å². The predicted octanol–water partition coefficient (Wildman–Crippen LogP) is 3.42. The number of nitrogens with zero attached hydrogens (tertiary/aromatic N) is 4. The zero-order valence-electron chi connectivity index (χ0n) is 18.7. The van der Waals surface area contributed by atoms with E-state index in [1.165, 1.54) is 23.5 Å². The number of piperazine rings is 1. The van der Waals surface area contributed by atoms with Gasteiger partial charge in [-0.3, -0.25) is 4.90 Å². The number of anilines is 1. The molecule has 0 radical (unpaired) electrons. The number of guanidine groups is 1. The molecule has 3 rings (SSSR count). The van der Waals surface area contributed by atoms with Crippen LogP contribution in [0.1, 0.15) is 35.3 Å². The molecule has 1 aromatic heterocycles. The molecule has 0 amide bonds. The lowest BCUT2D eigenvalue weighted by Gasteiger charge is -2.36. The maximum atomic E-state index is 4.73. The maximum Gasteiger partial charge on any atom is 0.191 e. The van der Waals surface area contributed by atoms with Gasteiger partial charge in [-0.25, -0.2) is 9.98 Å². The van der Waals surface area contributed by atoms with Crippen LogP contribution in [0.3, 0.4) is 0 Å². The predicted molar refractivity (Wildman–Crippen MR) is 129 cm³/mol. The summed E-state index contributed by atoms with van der Waals surface area (Å²) in [6.07, 6.45) is 2.37. The minimum atomic E-state index is 0.693. The van der Waals surface area contributed by atoms with Crippen molar-refractivity contribution >= 4 is 23.0 Å². The minimum absolute atomic E-state index is 0.693. The first-order valence-corrected chi connectivity index (χ1v) is 11.9. The minimum Gasteiger partial charge on any atom is -0.369 e. The van der Waals surface area contributed by atoms with Crippen molar-refractivity contribution in [2.45, 2.75) is 40.2 Å². The lowest BCUT2D eigenvalue weighted by molar-refractivity contribution is 0.253. The van der Waals surface area contributed by atoms with Gasteiger partial charge in [0.15, 0.2) is 5.96 Å². The monoisotopic (exact) mass is 428 g/mol. The van der Waals surface area contributed by atoms with Crippen molar-refractivity contribution in [3.63, 3.8) is 0 Å². The van der Waals surface area contributed by atoms with Crippen LogP contribution in [0.2, 0.25) is 0 Å². The van der Waals surface area contributed by atoms with Crippen LogP contribution in [-0.4, -0.2) is 61.7 Å². The molecular weight excluding hydrogens is 392 g/mol. The summed E-state index contributed by atoms with van der Waals surface area (Å²) in [5, 5.41) is 7.94. The van der Waals surface area contributed by atoms with Gasteiger partial charge in [-0.1, -0.05) is 18.2 Å². The Hall–Kier alpha value is -2.12. The van der Waals surface area contributed by atoms with E-state index in [1.54, 1.807) is 11.3 Å². The third kappa shape index (κ3) is 6.99. The molecule has 7 heteroatoms. The summed E-state index contributed by atoms with van der Waals surface area (Å²) < 4.78 is 0. The van der Waals surface area contributed by atoms with Crippen molar-refractivity contribution in [3.8, 4) is 0 Å². The van der Waals surface area contributed by atoms with Gasteiger partial charge in [0.2, 0.25) is 0 Å². The van der Waals surface area contributed by atoms with E-state index in [0.29, 0.717) is 6.54 Å². The summed E-state index contributed by atoms with van der Waals surface area (Å²) in [5.41, 5.74) is 2.45. The van der Waals surface area contributed by atoms with E-state index in [4.69, 9.17) is 4.99 Å². The van der Waals surface area contributed by atoms with Crippen LogP contribution in [-0.2, 0) is 6.54 Å². The van der Waals surface area contributed by atoms with Crippen LogP contribution in [0.5, 0.6) is 0 Å². The second-order valence-electron chi connectivity index (χ2n) is 7.73. The van der Waals surface area contributed by atoms with Gasteiger partial charge in [0, 0.05) is 49.8 Å². The van der Waals surface area contributed by atoms with Gasteiger partial charge in [-0.05, 0) is 52.3 Å². The number of nitrogens with one attached hydrogen (secondary N) is 2. The third-order valence-corrected chi connectivity index (χ3v) is 6.47. The number of aryl methyl sites for hydroxylation is 2. The van der Waals surface area contributed by atoms with E-state index in [1.807, 2.05) is 0 Å². The van der Waals surface area contributed by atoms with Crippen molar-refractivity contribution in [2.75, 3.05) is 50.7 Å². The Balaban J connectivity index is 1.32. The molecule has 0 unspecified atom stereocenters. The van der Waals surface area contributed by atoms with E-state index >= 15 is 0 Å². The standard InChI is InChI=1S/C23H36N6S/c1-4-24-23(26-18-22-19(2)27-20(3)30-22)25-12-8-9-13-28-14-16-29(17-15-28)21-10-6-5-7-11-21/h5-7,10-11H,4,8-9,12-18H2,1-3H3,(H2,24,25,26). The van der Waals surface area contributed by atoms with Crippen molar-refractivity contribution in [1.29, 1.82) is 0 Å². The van der Waals surface area contributed by atoms with Gasteiger partial charge in [-0.2, -0.15) is 0 Å². The Morgan fingerprint density at radius 2 is 1.83 bits per heavy atom. The van der Waals surface area contributed by atoms with Gasteiger partial charge >= 0.3 is 0 Å². The molecule has 0 spiro atoms. The molecule has 1 saturated heterocycles. The molecule has 1 aliphatic heterocycles. The molecule has 1 aromatic carbocycles. The number of hydrogen-bond acceptors (Lipinski definition) is 5. The van der Waals surface area contributed by atoms with E-state index < -0.39 is 0 Å². The molecule has 2 heterocycles. The summed E-state index contributed by atoms with van der Waals surface area (Å²) in [7, 11) is 0. The van der Waals surface area contributed by atoms with E-state index in [2.05, 4.69) is 76.5 Å². The maximum absolute atomic E-state index is 4.73. The summed E-state index contributed by atoms with van der Waals surface area (Å²) in [6.45, 7) is 14.5. The second kappa shape index (κ2) is 11.9. The summed E-state index contributed by atoms with van der Waals surface area (Å²) in [6, 6.07) is 10.8. The first-order valence-electron chi connectivity index (χ1n) is 11.1. The molecule has 2 N–H and O–H groups in total. The Kier molecular flexibility index (Phi) is 8.96. The van der Waals surface area contributed by atoms with E-state index in [0.717, 1.165) is 62.4 Å². The first-order chi connectivity index (χ1) is 14.7. The number of thiazole rings is 1. The third-order valence-electron chi connectivity index (χ3n) is 5.41. The van der Waals surface area contributed by atoms with Gasteiger partial charge in [0.25, 0.3) is 0 Å². The number of hydrogen-bond donors (Lipinski definition) is 2. The molecule has 6 nitrogen and oxygen atoms in total. The molecule has 0 atom stereocenters. The fourth-order valence-electron chi connectivity index (χ4n) is 3.75. The van der Waals surface area contributed by atoms with Crippen LogP contribution < -0.4 is 15.5 Å².